The molecule has 0 N–H and O–H groups in total. The third-order valence-electron chi connectivity index (χ3n) is 4.46. The molecule has 114 valence electrons. The Balaban J connectivity index is 0.00000156. The van der Waals surface area contributed by atoms with Crippen molar-refractivity contribution in [3.05, 3.63) is 89.1 Å². The summed E-state index contributed by atoms with van der Waals surface area (Å²) in [5, 5.41) is 1.20. The van der Waals surface area contributed by atoms with E-state index < -0.39 is 0 Å². The Morgan fingerprint density at radius 2 is 1.65 bits per heavy atom. The van der Waals surface area contributed by atoms with Gasteiger partial charge < -0.3 is 0 Å². The van der Waals surface area contributed by atoms with E-state index >= 15 is 0 Å². The molecule has 0 saturated heterocycles. The van der Waals surface area contributed by atoms with E-state index in [4.69, 9.17) is 0 Å². The van der Waals surface area contributed by atoms with E-state index in [-0.39, 0.29) is 23.3 Å². The first-order valence-electron chi connectivity index (χ1n) is 7.82. The van der Waals surface area contributed by atoms with Crippen LogP contribution in [0.2, 0.25) is 0 Å². The SMILES string of the molecule is CC(C)C1=[C-]c2ccccc2C1c1cccc2cccnc12.[Cr]. The van der Waals surface area contributed by atoms with Gasteiger partial charge in [0.1, 0.15) is 0 Å². The van der Waals surface area contributed by atoms with Gasteiger partial charge in [-0.15, -0.1) is 23.3 Å². The molecule has 1 atom stereocenters. The number of para-hydroxylation sites is 1. The van der Waals surface area contributed by atoms with Crippen LogP contribution >= 0.6 is 0 Å². The monoisotopic (exact) mass is 336 g/mol. The minimum absolute atomic E-state index is 0. The van der Waals surface area contributed by atoms with Gasteiger partial charge in [-0.2, -0.15) is 17.7 Å². The number of benzene rings is 2. The summed E-state index contributed by atoms with van der Waals surface area (Å²) >= 11 is 0. The molecule has 23 heavy (non-hydrogen) atoms. The van der Waals surface area contributed by atoms with Crippen LogP contribution in [-0.2, 0) is 17.4 Å². The number of fused-ring (bicyclic) bond motifs is 2. The van der Waals surface area contributed by atoms with Crippen molar-refractivity contribution in [1.82, 2.24) is 4.98 Å². The first-order valence-corrected chi connectivity index (χ1v) is 7.82. The molecule has 0 radical (unpaired) electrons. The average molecular weight is 336 g/mol. The molecule has 0 spiro atoms. The Kier molecular flexibility index (Phi) is 4.40. The molecule has 2 aromatic carbocycles. The predicted octanol–water partition coefficient (Wildman–Crippen LogP) is 5.11. The molecule has 0 fully saturated rings. The largest absolute Gasteiger partial charge is 0.256 e. The van der Waals surface area contributed by atoms with Gasteiger partial charge in [-0.25, -0.2) is 0 Å². The maximum Gasteiger partial charge on any atom is 0.0732 e. The van der Waals surface area contributed by atoms with Crippen molar-refractivity contribution in [3.8, 4) is 0 Å². The van der Waals surface area contributed by atoms with Crippen LogP contribution in [0.5, 0.6) is 0 Å². The number of hydrogen-bond acceptors (Lipinski definition) is 1. The number of aromatic nitrogens is 1. The Morgan fingerprint density at radius 3 is 2.48 bits per heavy atom. The number of allylic oxidation sites excluding steroid dienone is 1. The van der Waals surface area contributed by atoms with Crippen LogP contribution in [0.1, 0.15) is 36.5 Å². The summed E-state index contributed by atoms with van der Waals surface area (Å²) in [6, 6.07) is 19.2. The van der Waals surface area contributed by atoms with Crippen LogP contribution < -0.4 is 0 Å². The molecule has 0 amide bonds. The second-order valence-corrected chi connectivity index (χ2v) is 6.18. The summed E-state index contributed by atoms with van der Waals surface area (Å²) in [4.78, 5) is 4.65. The van der Waals surface area contributed by atoms with Gasteiger partial charge in [0.15, 0.2) is 0 Å². The summed E-state index contributed by atoms with van der Waals surface area (Å²) in [7, 11) is 0. The Labute approximate surface area is 148 Å². The molecule has 0 saturated carbocycles. The molecule has 1 aromatic heterocycles. The summed E-state index contributed by atoms with van der Waals surface area (Å²) in [6.07, 6.45) is 5.52. The van der Waals surface area contributed by atoms with E-state index in [0.717, 1.165) is 5.52 Å². The number of hydrogen-bond donors (Lipinski definition) is 0. The molecule has 3 aromatic rings. The van der Waals surface area contributed by atoms with Crippen LogP contribution in [0.4, 0.5) is 0 Å². The van der Waals surface area contributed by atoms with Gasteiger partial charge >= 0.3 is 0 Å². The zero-order chi connectivity index (χ0) is 15.1. The van der Waals surface area contributed by atoms with Crippen LogP contribution in [0.15, 0.2) is 66.4 Å². The molecular weight excluding hydrogens is 318 g/mol. The number of pyridine rings is 1. The van der Waals surface area contributed by atoms with Crippen LogP contribution in [-0.4, -0.2) is 4.98 Å². The van der Waals surface area contributed by atoms with Gasteiger partial charge in [0.25, 0.3) is 0 Å². The predicted molar refractivity (Wildman–Crippen MR) is 90.7 cm³/mol. The normalized spacial score (nSPS) is 16.1. The smallest absolute Gasteiger partial charge is 0.0732 e. The van der Waals surface area contributed by atoms with Crippen molar-refractivity contribution < 1.29 is 17.4 Å². The van der Waals surface area contributed by atoms with Crippen LogP contribution in [0.3, 0.4) is 0 Å². The Bertz CT molecular complexity index is 874. The minimum Gasteiger partial charge on any atom is -0.256 e. The first kappa shape index (κ1) is 16.0. The standard InChI is InChI=1S/C21H18N.Cr/c1-14(2)19-13-16-7-3-4-10-17(16)20(19)18-11-5-8-15-9-6-12-22-21(15)18;/h3-12,14,20H,1-2H3;/q-1;. The van der Waals surface area contributed by atoms with Gasteiger partial charge in [0.2, 0.25) is 0 Å². The maximum atomic E-state index is 4.65. The van der Waals surface area contributed by atoms with Crippen molar-refractivity contribution >= 4 is 10.9 Å². The van der Waals surface area contributed by atoms with Crippen molar-refractivity contribution in [2.45, 2.75) is 19.8 Å². The van der Waals surface area contributed by atoms with E-state index in [9.17, 15) is 0 Å². The van der Waals surface area contributed by atoms with E-state index in [0.29, 0.717) is 5.92 Å². The van der Waals surface area contributed by atoms with E-state index in [1.165, 1.54) is 27.6 Å². The van der Waals surface area contributed by atoms with Gasteiger partial charge in [-0.1, -0.05) is 44.2 Å². The fourth-order valence-corrected chi connectivity index (χ4v) is 3.43. The molecule has 1 unspecified atom stereocenters. The summed E-state index contributed by atoms with van der Waals surface area (Å²) < 4.78 is 0. The molecule has 1 nitrogen and oxygen atoms in total. The topological polar surface area (TPSA) is 12.9 Å². The fraction of sp³-hybridized carbons (Fsp3) is 0.190. The second-order valence-electron chi connectivity index (χ2n) is 6.18. The minimum atomic E-state index is 0. The molecule has 1 aliphatic rings. The van der Waals surface area contributed by atoms with Gasteiger partial charge in [-0.05, 0) is 23.5 Å². The van der Waals surface area contributed by atoms with Crippen molar-refractivity contribution in [3.63, 3.8) is 0 Å². The quantitative estimate of drug-likeness (QED) is 0.593. The van der Waals surface area contributed by atoms with Crippen LogP contribution in [0, 0.1) is 12.0 Å². The summed E-state index contributed by atoms with van der Waals surface area (Å²) in [5.41, 5.74) is 6.33. The Hall–Kier alpha value is -1.88. The van der Waals surface area contributed by atoms with Crippen molar-refractivity contribution in [1.29, 1.82) is 0 Å². The molecule has 4 rings (SSSR count). The molecule has 1 heterocycles. The van der Waals surface area contributed by atoms with Gasteiger partial charge in [0.05, 0.1) is 5.52 Å². The fourth-order valence-electron chi connectivity index (χ4n) is 3.43. The zero-order valence-corrected chi connectivity index (χ0v) is 14.6. The maximum absolute atomic E-state index is 4.65. The van der Waals surface area contributed by atoms with E-state index in [2.05, 4.69) is 73.4 Å². The molecule has 2 heteroatoms. The van der Waals surface area contributed by atoms with Crippen LogP contribution in [0.25, 0.3) is 10.9 Å². The molecule has 0 aliphatic heterocycles. The van der Waals surface area contributed by atoms with E-state index in [1.54, 1.807) is 0 Å². The summed E-state index contributed by atoms with van der Waals surface area (Å²) in [6.45, 7) is 4.50. The second kappa shape index (κ2) is 6.32. The average Bonchev–Trinajstić information content (AvgIpc) is 2.94. The molecule has 1 aliphatic carbocycles. The number of nitrogens with zero attached hydrogens (tertiary/aromatic N) is 1. The van der Waals surface area contributed by atoms with Gasteiger partial charge in [-0.3, -0.25) is 4.98 Å². The zero-order valence-electron chi connectivity index (χ0n) is 13.3. The van der Waals surface area contributed by atoms with Crippen molar-refractivity contribution in [2.75, 3.05) is 0 Å². The third-order valence-corrected chi connectivity index (χ3v) is 4.46. The molecule has 0 bridgehead atoms. The van der Waals surface area contributed by atoms with Gasteiger partial charge in [0, 0.05) is 28.9 Å². The van der Waals surface area contributed by atoms with E-state index in [1.807, 2.05) is 12.3 Å². The molecular formula is C21H18CrN-. The number of rotatable bonds is 2. The first-order chi connectivity index (χ1) is 10.8. The summed E-state index contributed by atoms with van der Waals surface area (Å²) in [5.74, 6) is 0.742. The third kappa shape index (κ3) is 2.63. The Morgan fingerprint density at radius 1 is 0.913 bits per heavy atom. The van der Waals surface area contributed by atoms with Crippen molar-refractivity contribution in [2.24, 2.45) is 5.92 Å².